The summed E-state index contributed by atoms with van der Waals surface area (Å²) in [6.45, 7) is 0. The van der Waals surface area contributed by atoms with Crippen LogP contribution in [-0.4, -0.2) is 26.5 Å². The average molecular weight is 309 g/mol. The Kier molecular flexibility index (Phi) is 6.19. The summed E-state index contributed by atoms with van der Waals surface area (Å²) in [7, 11) is -2.98. The number of nitrogens with one attached hydrogen (secondary N) is 1. The largest absolute Gasteiger partial charge is 0.271 e. The molecule has 108 valence electrons. The van der Waals surface area contributed by atoms with Gasteiger partial charge in [0.2, 0.25) is 0 Å². The molecule has 4 nitrogen and oxygen atoms in total. The summed E-state index contributed by atoms with van der Waals surface area (Å²) in [4.78, 5) is 0. The van der Waals surface area contributed by atoms with E-state index in [9.17, 15) is 12.8 Å². The minimum absolute atomic E-state index is 0.0735. The molecule has 0 amide bonds. The first-order valence-corrected chi connectivity index (χ1v) is 8.34. The second kappa shape index (κ2) is 7.19. The molecule has 1 unspecified atom stereocenters. The molecule has 1 rings (SSSR count). The number of halogens is 2. The van der Waals surface area contributed by atoms with Gasteiger partial charge >= 0.3 is 0 Å². The van der Waals surface area contributed by atoms with E-state index in [1.807, 2.05) is 0 Å². The number of rotatable bonds is 7. The summed E-state index contributed by atoms with van der Waals surface area (Å²) in [5.74, 6) is 5.05. The molecule has 1 atom stereocenters. The van der Waals surface area contributed by atoms with Crippen LogP contribution in [0.5, 0.6) is 0 Å². The first-order valence-electron chi connectivity index (χ1n) is 5.90. The maximum Gasteiger partial charge on any atom is 0.147 e. The molecule has 1 aromatic carbocycles. The van der Waals surface area contributed by atoms with Gasteiger partial charge in [0.15, 0.2) is 0 Å². The van der Waals surface area contributed by atoms with Crippen LogP contribution >= 0.6 is 11.6 Å². The molecule has 0 fully saturated rings. The van der Waals surface area contributed by atoms with Crippen LogP contribution in [0.15, 0.2) is 18.2 Å². The summed E-state index contributed by atoms with van der Waals surface area (Å²) in [6, 6.07) is 4.61. The fraction of sp³-hybridized carbons (Fsp3) is 0.500. The SMILES string of the molecule is CS(=O)(=O)CCCC(Cc1cccc(Cl)c1F)NN. The van der Waals surface area contributed by atoms with Crippen molar-refractivity contribution < 1.29 is 12.8 Å². The van der Waals surface area contributed by atoms with Crippen molar-refractivity contribution in [2.75, 3.05) is 12.0 Å². The van der Waals surface area contributed by atoms with E-state index in [4.69, 9.17) is 17.4 Å². The smallest absolute Gasteiger partial charge is 0.147 e. The van der Waals surface area contributed by atoms with Gasteiger partial charge in [0, 0.05) is 18.1 Å². The van der Waals surface area contributed by atoms with E-state index in [1.54, 1.807) is 12.1 Å². The van der Waals surface area contributed by atoms with Gasteiger partial charge in [0.05, 0.1) is 5.02 Å². The number of nitrogens with two attached hydrogens (primary N) is 1. The second-order valence-electron chi connectivity index (χ2n) is 4.55. The number of hydrogen-bond donors (Lipinski definition) is 2. The Morgan fingerprint density at radius 2 is 2.16 bits per heavy atom. The van der Waals surface area contributed by atoms with Crippen molar-refractivity contribution in [1.29, 1.82) is 0 Å². The molecule has 0 aromatic heterocycles. The quantitative estimate of drug-likeness (QED) is 0.594. The highest BCUT2D eigenvalue weighted by Crippen LogP contribution is 2.19. The molecule has 0 aliphatic rings. The van der Waals surface area contributed by atoms with Crippen molar-refractivity contribution in [2.24, 2.45) is 5.84 Å². The molecule has 0 radical (unpaired) electrons. The van der Waals surface area contributed by atoms with Crippen LogP contribution in [0.25, 0.3) is 0 Å². The minimum atomic E-state index is -2.98. The lowest BCUT2D eigenvalue weighted by atomic mass is 10.0. The molecular formula is C12H18ClFN2O2S. The van der Waals surface area contributed by atoms with Gasteiger partial charge in [-0.05, 0) is 30.9 Å². The van der Waals surface area contributed by atoms with Gasteiger partial charge < -0.3 is 0 Å². The molecule has 0 spiro atoms. The lowest BCUT2D eigenvalue weighted by Gasteiger charge is -2.16. The Morgan fingerprint density at radius 1 is 1.47 bits per heavy atom. The van der Waals surface area contributed by atoms with Gasteiger partial charge in [-0.3, -0.25) is 11.3 Å². The Morgan fingerprint density at radius 3 is 2.74 bits per heavy atom. The third kappa shape index (κ3) is 5.86. The standard InChI is InChI=1S/C12H18ClFN2O2S/c1-19(17,18)7-3-5-10(16-15)8-9-4-2-6-11(13)12(9)14/h2,4,6,10,16H,3,5,7-8,15H2,1H3. The Bertz CT molecular complexity index is 522. The molecule has 0 aliphatic carbocycles. The van der Waals surface area contributed by atoms with Crippen LogP contribution in [0.3, 0.4) is 0 Å². The Labute approximate surface area is 118 Å². The highest BCUT2D eigenvalue weighted by Gasteiger charge is 2.13. The van der Waals surface area contributed by atoms with Gasteiger partial charge in [-0.1, -0.05) is 23.7 Å². The van der Waals surface area contributed by atoms with Crippen LogP contribution in [0.2, 0.25) is 5.02 Å². The van der Waals surface area contributed by atoms with E-state index in [0.29, 0.717) is 24.8 Å². The van der Waals surface area contributed by atoms with Gasteiger partial charge in [-0.15, -0.1) is 0 Å². The number of hydrogen-bond acceptors (Lipinski definition) is 4. The van der Waals surface area contributed by atoms with Crippen LogP contribution in [-0.2, 0) is 16.3 Å². The van der Waals surface area contributed by atoms with Crippen molar-refractivity contribution in [3.63, 3.8) is 0 Å². The molecule has 0 saturated heterocycles. The van der Waals surface area contributed by atoms with Crippen molar-refractivity contribution in [3.05, 3.63) is 34.6 Å². The molecule has 1 aromatic rings. The number of hydrazine groups is 1. The van der Waals surface area contributed by atoms with Gasteiger partial charge in [0.25, 0.3) is 0 Å². The van der Waals surface area contributed by atoms with E-state index in [1.165, 1.54) is 12.3 Å². The van der Waals surface area contributed by atoms with Gasteiger partial charge in [-0.2, -0.15) is 0 Å². The third-order valence-corrected chi connectivity index (χ3v) is 4.12. The van der Waals surface area contributed by atoms with Crippen molar-refractivity contribution in [1.82, 2.24) is 5.43 Å². The zero-order valence-electron chi connectivity index (χ0n) is 10.7. The molecular weight excluding hydrogens is 291 g/mol. The molecule has 0 aliphatic heterocycles. The van der Waals surface area contributed by atoms with E-state index in [-0.39, 0.29) is 16.8 Å². The lowest BCUT2D eigenvalue weighted by Crippen LogP contribution is -2.37. The molecule has 0 heterocycles. The topological polar surface area (TPSA) is 72.2 Å². The molecule has 0 bridgehead atoms. The van der Waals surface area contributed by atoms with E-state index in [0.717, 1.165) is 0 Å². The maximum absolute atomic E-state index is 13.7. The zero-order chi connectivity index (χ0) is 14.5. The van der Waals surface area contributed by atoms with Crippen molar-refractivity contribution in [2.45, 2.75) is 25.3 Å². The van der Waals surface area contributed by atoms with Crippen molar-refractivity contribution >= 4 is 21.4 Å². The van der Waals surface area contributed by atoms with Crippen molar-refractivity contribution in [3.8, 4) is 0 Å². The summed E-state index contributed by atoms with van der Waals surface area (Å²) >= 11 is 5.70. The van der Waals surface area contributed by atoms with Crippen LogP contribution in [0, 0.1) is 5.82 Å². The van der Waals surface area contributed by atoms with Gasteiger partial charge in [-0.25, -0.2) is 12.8 Å². The first kappa shape index (κ1) is 16.4. The molecule has 7 heteroatoms. The highest BCUT2D eigenvalue weighted by molar-refractivity contribution is 7.90. The lowest BCUT2D eigenvalue weighted by molar-refractivity contribution is 0.474. The molecule has 3 N–H and O–H groups in total. The molecule has 19 heavy (non-hydrogen) atoms. The predicted molar refractivity (Wildman–Crippen MR) is 75.2 cm³/mol. The summed E-state index contributed by atoms with van der Waals surface area (Å²) < 4.78 is 35.8. The third-order valence-electron chi connectivity index (χ3n) is 2.80. The summed E-state index contributed by atoms with van der Waals surface area (Å²) in [5, 5.41) is 0.0735. The van der Waals surface area contributed by atoms with E-state index in [2.05, 4.69) is 5.43 Å². The van der Waals surface area contributed by atoms with E-state index < -0.39 is 15.7 Å². The zero-order valence-corrected chi connectivity index (χ0v) is 12.3. The second-order valence-corrected chi connectivity index (χ2v) is 7.22. The normalized spacial score (nSPS) is 13.5. The molecule has 0 saturated carbocycles. The Hall–Kier alpha value is -0.690. The summed E-state index contributed by atoms with van der Waals surface area (Å²) in [5.41, 5.74) is 3.05. The van der Waals surface area contributed by atoms with Crippen LogP contribution < -0.4 is 11.3 Å². The van der Waals surface area contributed by atoms with Crippen LogP contribution in [0.4, 0.5) is 4.39 Å². The fourth-order valence-corrected chi connectivity index (χ4v) is 2.69. The number of sulfone groups is 1. The number of benzene rings is 1. The monoisotopic (exact) mass is 308 g/mol. The van der Waals surface area contributed by atoms with Gasteiger partial charge in [0.1, 0.15) is 15.7 Å². The first-order chi connectivity index (χ1) is 8.83. The fourth-order valence-electron chi connectivity index (χ4n) is 1.81. The predicted octanol–water partition coefficient (Wildman–Crippen LogP) is 1.68. The average Bonchev–Trinajstić information content (AvgIpc) is 2.32. The van der Waals surface area contributed by atoms with E-state index >= 15 is 0 Å². The summed E-state index contributed by atoms with van der Waals surface area (Å²) in [6.07, 6.45) is 2.59. The highest BCUT2D eigenvalue weighted by atomic mass is 35.5. The maximum atomic E-state index is 13.7. The Balaban J connectivity index is 2.59. The minimum Gasteiger partial charge on any atom is -0.271 e. The van der Waals surface area contributed by atoms with Crippen LogP contribution in [0.1, 0.15) is 18.4 Å².